The molecule has 0 aromatic rings. The molecule has 0 aromatic heterocycles. The standard InChI is InChI=1S/C38H58O12/c1-23-13-15-27-35(5,45-31-37(27)25(23)17-19-33(3,43-31)47-49-37)29(39)41-21-11-9-7-8-10-12-22-42-30(40)36(6)28-16-14-24(2)26-18-20-34(4)44-32(46-36)38(26,28)50-48-34/h23-28,31-32H,7-22H2,1-6H3/t23-,24-,25+,26+,27+,28+,31+,32+,33-,34-,35+,36+,37-,38-/m1/s1. The zero-order valence-electron chi connectivity index (χ0n) is 30.8. The Hall–Kier alpha value is -1.38. The highest BCUT2D eigenvalue weighted by molar-refractivity contribution is 5.81. The maximum Gasteiger partial charge on any atom is 0.338 e. The number of ether oxygens (including phenoxy) is 6. The Labute approximate surface area is 296 Å². The molecule has 0 amide bonds. The fraction of sp³-hybridized carbons (Fsp3) is 0.947. The van der Waals surface area contributed by atoms with Crippen molar-refractivity contribution in [3.63, 3.8) is 0 Å². The summed E-state index contributed by atoms with van der Waals surface area (Å²) in [6, 6.07) is 0. The first kappa shape index (κ1) is 35.6. The summed E-state index contributed by atoms with van der Waals surface area (Å²) < 4.78 is 37.2. The summed E-state index contributed by atoms with van der Waals surface area (Å²) in [6.07, 6.45) is 11.0. The van der Waals surface area contributed by atoms with Crippen LogP contribution in [0.5, 0.6) is 0 Å². The van der Waals surface area contributed by atoms with E-state index in [4.69, 9.17) is 48.0 Å². The van der Waals surface area contributed by atoms with Crippen LogP contribution in [-0.4, -0.2) is 71.7 Å². The van der Waals surface area contributed by atoms with Crippen molar-refractivity contribution < 1.29 is 57.6 Å². The number of unbranched alkanes of at least 4 members (excludes halogenated alkanes) is 5. The zero-order chi connectivity index (χ0) is 35.2. The highest BCUT2D eigenvalue weighted by Crippen LogP contribution is 2.65. The number of hydrogen-bond donors (Lipinski definition) is 0. The zero-order valence-corrected chi connectivity index (χ0v) is 30.8. The Bertz CT molecular complexity index is 1230. The number of carbonyl (C=O) groups excluding carboxylic acids is 2. The number of fused-ring (bicyclic) bond motifs is 4. The van der Waals surface area contributed by atoms with Crippen LogP contribution in [0.15, 0.2) is 0 Å². The van der Waals surface area contributed by atoms with Crippen LogP contribution in [0.2, 0.25) is 0 Å². The average molecular weight is 707 g/mol. The summed E-state index contributed by atoms with van der Waals surface area (Å²) in [6.45, 7) is 12.6. The molecule has 10 aliphatic rings. The molecule has 0 aromatic carbocycles. The minimum absolute atomic E-state index is 0.195. The molecule has 50 heavy (non-hydrogen) atoms. The third-order valence-electron chi connectivity index (χ3n) is 14.3. The fourth-order valence-electron chi connectivity index (χ4n) is 11.3. The van der Waals surface area contributed by atoms with Crippen LogP contribution in [0, 0.1) is 35.5 Å². The van der Waals surface area contributed by atoms with Crippen molar-refractivity contribution in [1.29, 1.82) is 0 Å². The third-order valence-corrected chi connectivity index (χ3v) is 14.3. The summed E-state index contributed by atoms with van der Waals surface area (Å²) in [5, 5.41) is 0. The van der Waals surface area contributed by atoms with E-state index in [1.165, 1.54) is 0 Å². The van der Waals surface area contributed by atoms with Gasteiger partial charge in [-0.3, -0.25) is 0 Å². The van der Waals surface area contributed by atoms with E-state index in [9.17, 15) is 9.59 Å². The summed E-state index contributed by atoms with van der Waals surface area (Å²) in [7, 11) is 0. The first-order chi connectivity index (χ1) is 23.8. The lowest BCUT2D eigenvalue weighted by Crippen LogP contribution is -2.62. The molecule has 0 unspecified atom stereocenters. The Kier molecular flexibility index (Phi) is 8.98. The van der Waals surface area contributed by atoms with Gasteiger partial charge in [0.1, 0.15) is 0 Å². The lowest BCUT2D eigenvalue weighted by Gasteiger charge is -2.50. The Morgan fingerprint density at radius 3 is 1.36 bits per heavy atom. The second-order valence-electron chi connectivity index (χ2n) is 17.6. The topological polar surface area (TPSA) is 126 Å². The van der Waals surface area contributed by atoms with Gasteiger partial charge in [0, 0.05) is 24.7 Å². The Morgan fingerprint density at radius 1 is 0.540 bits per heavy atom. The number of carbonyl (C=O) groups is 2. The lowest BCUT2D eigenvalue weighted by molar-refractivity contribution is -0.541. The second kappa shape index (κ2) is 12.6. The van der Waals surface area contributed by atoms with Gasteiger partial charge in [0.15, 0.2) is 35.0 Å². The van der Waals surface area contributed by atoms with Crippen LogP contribution < -0.4 is 0 Å². The fourth-order valence-corrected chi connectivity index (χ4v) is 11.3. The third kappa shape index (κ3) is 5.28. The molecule has 8 saturated heterocycles. The maximum absolute atomic E-state index is 13.6. The molecule has 0 radical (unpaired) electrons. The van der Waals surface area contributed by atoms with Crippen LogP contribution in [0.25, 0.3) is 0 Å². The van der Waals surface area contributed by atoms with E-state index in [0.717, 1.165) is 89.9 Å². The van der Waals surface area contributed by atoms with E-state index in [1.54, 1.807) is 0 Å². The molecule has 4 bridgehead atoms. The van der Waals surface area contributed by atoms with Crippen LogP contribution in [0.4, 0.5) is 0 Å². The van der Waals surface area contributed by atoms with Crippen molar-refractivity contribution in [3.05, 3.63) is 0 Å². The minimum Gasteiger partial charge on any atom is -0.464 e. The highest BCUT2D eigenvalue weighted by Gasteiger charge is 2.77. The van der Waals surface area contributed by atoms with Crippen molar-refractivity contribution in [3.8, 4) is 0 Å². The van der Waals surface area contributed by atoms with Gasteiger partial charge < -0.3 is 28.4 Å². The predicted octanol–water partition coefficient (Wildman–Crippen LogP) is 6.42. The van der Waals surface area contributed by atoms with Gasteiger partial charge in [-0.1, -0.05) is 39.5 Å². The van der Waals surface area contributed by atoms with Crippen LogP contribution >= 0.6 is 0 Å². The van der Waals surface area contributed by atoms with Gasteiger partial charge in [-0.25, -0.2) is 29.1 Å². The Balaban J connectivity index is 0.756. The summed E-state index contributed by atoms with van der Waals surface area (Å²) in [4.78, 5) is 51.1. The van der Waals surface area contributed by atoms with E-state index in [-0.39, 0.29) is 35.6 Å². The highest BCUT2D eigenvalue weighted by atomic mass is 17.3. The molecule has 0 N–H and O–H groups in total. The van der Waals surface area contributed by atoms with E-state index in [1.807, 2.05) is 27.7 Å². The molecule has 14 atom stereocenters. The molecule has 282 valence electrons. The number of esters is 2. The van der Waals surface area contributed by atoms with Gasteiger partial charge in [-0.15, -0.1) is 0 Å². The molecule has 12 nitrogen and oxygen atoms in total. The van der Waals surface area contributed by atoms with Gasteiger partial charge in [-0.05, 0) is 103 Å². The van der Waals surface area contributed by atoms with Crippen molar-refractivity contribution in [2.24, 2.45) is 35.5 Å². The summed E-state index contributed by atoms with van der Waals surface area (Å²) >= 11 is 0. The van der Waals surface area contributed by atoms with Crippen molar-refractivity contribution in [2.45, 2.75) is 178 Å². The predicted molar refractivity (Wildman–Crippen MR) is 174 cm³/mol. The van der Waals surface area contributed by atoms with Crippen molar-refractivity contribution >= 4 is 11.9 Å². The second-order valence-corrected chi connectivity index (χ2v) is 17.6. The summed E-state index contributed by atoms with van der Waals surface area (Å²) in [5.74, 6) is -1.57. The van der Waals surface area contributed by atoms with E-state index in [0.29, 0.717) is 25.0 Å². The van der Waals surface area contributed by atoms with E-state index in [2.05, 4.69) is 13.8 Å². The SMILES string of the molecule is C[C@@H]1CC[C@@H]2[C@]34OO[C@](C)(CC[C@@H]13)O[C@H]4O[C@]2(C)C(=O)OCCCCCCCCOC(=O)[C@@]1(C)O[C@@H]2O[C@@]3(C)CC[C@H]4[C@H](C)CC[C@@H]1[C@@]24OO3. The molecule has 2 aliphatic carbocycles. The molecule has 2 spiro atoms. The monoisotopic (exact) mass is 706 g/mol. The number of hydrogen-bond acceptors (Lipinski definition) is 12. The van der Waals surface area contributed by atoms with Crippen LogP contribution in [0.3, 0.4) is 0 Å². The van der Waals surface area contributed by atoms with Crippen molar-refractivity contribution in [1.82, 2.24) is 0 Å². The molecule has 10 rings (SSSR count). The van der Waals surface area contributed by atoms with Crippen LogP contribution in [0.1, 0.15) is 131 Å². The molecule has 12 heteroatoms. The molecular formula is C38H58O12. The Morgan fingerprint density at radius 2 is 0.940 bits per heavy atom. The van der Waals surface area contributed by atoms with Crippen LogP contribution in [-0.2, 0) is 57.6 Å². The number of rotatable bonds is 11. The van der Waals surface area contributed by atoms with Gasteiger partial charge in [-0.2, -0.15) is 0 Å². The van der Waals surface area contributed by atoms with Crippen molar-refractivity contribution in [2.75, 3.05) is 13.2 Å². The molecule has 2 saturated carbocycles. The smallest absolute Gasteiger partial charge is 0.338 e. The minimum atomic E-state index is -1.15. The first-order valence-corrected chi connectivity index (χ1v) is 19.6. The van der Waals surface area contributed by atoms with Gasteiger partial charge >= 0.3 is 11.9 Å². The van der Waals surface area contributed by atoms with E-state index < -0.39 is 46.6 Å². The molecule has 8 heterocycles. The molecule has 8 aliphatic heterocycles. The maximum atomic E-state index is 13.6. The van der Waals surface area contributed by atoms with Gasteiger partial charge in [0.2, 0.25) is 11.6 Å². The largest absolute Gasteiger partial charge is 0.464 e. The summed E-state index contributed by atoms with van der Waals surface area (Å²) in [5.41, 5.74) is -3.87. The molecule has 10 fully saturated rings. The molecular weight excluding hydrogens is 648 g/mol. The first-order valence-electron chi connectivity index (χ1n) is 19.6. The van der Waals surface area contributed by atoms with Gasteiger partial charge in [0.05, 0.1) is 13.2 Å². The normalized spacial score (nSPS) is 51.4. The van der Waals surface area contributed by atoms with Gasteiger partial charge in [0.25, 0.3) is 0 Å². The lowest BCUT2D eigenvalue weighted by atomic mass is 9.60. The average Bonchev–Trinajstić information content (AvgIpc) is 3.21. The quantitative estimate of drug-likeness (QED) is 0.134. The van der Waals surface area contributed by atoms with E-state index >= 15 is 0 Å².